The Morgan fingerprint density at radius 3 is 2.70 bits per heavy atom. The molecule has 0 spiro atoms. The second kappa shape index (κ2) is 5.65. The lowest BCUT2D eigenvalue weighted by atomic mass is 10.2. The molecule has 1 aromatic heterocycles. The van der Waals surface area contributed by atoms with Gasteiger partial charge >= 0.3 is 5.97 Å². The van der Waals surface area contributed by atoms with Gasteiger partial charge in [-0.3, -0.25) is 4.57 Å². The largest absolute Gasteiger partial charge is 0.475 e. The maximum absolute atomic E-state index is 12.4. The summed E-state index contributed by atoms with van der Waals surface area (Å²) in [6, 6.07) is 9.88. The number of benzene rings is 1. The van der Waals surface area contributed by atoms with E-state index in [1.807, 2.05) is 0 Å². The van der Waals surface area contributed by atoms with Crippen LogP contribution in [0.15, 0.2) is 40.8 Å². The Morgan fingerprint density at radius 2 is 2.10 bits per heavy atom. The summed E-state index contributed by atoms with van der Waals surface area (Å²) in [5.41, 5.74) is 0.664. The minimum Gasteiger partial charge on any atom is -0.475 e. The maximum atomic E-state index is 12.4. The highest BCUT2D eigenvalue weighted by molar-refractivity contribution is 7.66. The van der Waals surface area contributed by atoms with Gasteiger partial charge in [0.05, 0.1) is 6.61 Å². The Bertz CT molecular complexity index is 674. The van der Waals surface area contributed by atoms with E-state index in [1.165, 1.54) is 6.07 Å². The molecule has 0 fully saturated rings. The predicted octanol–water partition coefficient (Wildman–Crippen LogP) is 3.21. The SMILES string of the molecule is CCOP(C)(=O)c1cccc(-c2ccc(C(=O)O)o2)c1. The lowest BCUT2D eigenvalue weighted by molar-refractivity contribution is 0.0663. The van der Waals surface area contributed by atoms with Crippen LogP contribution in [0, 0.1) is 0 Å². The van der Waals surface area contributed by atoms with Crippen LogP contribution in [0.4, 0.5) is 0 Å². The summed E-state index contributed by atoms with van der Waals surface area (Å²) in [6.07, 6.45) is 0. The van der Waals surface area contributed by atoms with Crippen molar-refractivity contribution in [2.45, 2.75) is 6.92 Å². The van der Waals surface area contributed by atoms with Gasteiger partial charge in [0.2, 0.25) is 13.1 Å². The molecule has 0 amide bonds. The molecule has 0 aliphatic carbocycles. The third-order valence-electron chi connectivity index (χ3n) is 2.79. The van der Waals surface area contributed by atoms with Crippen molar-refractivity contribution in [2.24, 2.45) is 0 Å². The fraction of sp³-hybridized carbons (Fsp3) is 0.214. The van der Waals surface area contributed by atoms with Gasteiger partial charge < -0.3 is 14.0 Å². The Balaban J connectivity index is 2.38. The number of carboxylic acids is 1. The van der Waals surface area contributed by atoms with E-state index in [9.17, 15) is 9.36 Å². The minimum atomic E-state index is -2.86. The topological polar surface area (TPSA) is 76.7 Å². The summed E-state index contributed by atoms with van der Waals surface area (Å²) < 4.78 is 22.9. The fourth-order valence-electron chi connectivity index (χ4n) is 1.84. The van der Waals surface area contributed by atoms with Crippen LogP contribution >= 0.6 is 7.37 Å². The summed E-state index contributed by atoms with van der Waals surface area (Å²) in [6.45, 7) is 3.70. The van der Waals surface area contributed by atoms with E-state index in [4.69, 9.17) is 14.0 Å². The molecule has 1 N–H and O–H groups in total. The number of rotatable bonds is 5. The third kappa shape index (κ3) is 3.00. The molecule has 2 aromatic rings. The highest BCUT2D eigenvalue weighted by atomic mass is 31.2. The zero-order valence-corrected chi connectivity index (χ0v) is 12.1. The van der Waals surface area contributed by atoms with Crippen LogP contribution in [-0.2, 0) is 9.09 Å². The first-order valence-electron chi connectivity index (χ1n) is 6.10. The van der Waals surface area contributed by atoms with Crippen molar-refractivity contribution in [1.82, 2.24) is 0 Å². The van der Waals surface area contributed by atoms with Gasteiger partial charge in [-0.15, -0.1) is 0 Å². The smallest absolute Gasteiger partial charge is 0.371 e. The predicted molar refractivity (Wildman–Crippen MR) is 75.9 cm³/mol. The quantitative estimate of drug-likeness (QED) is 0.857. The van der Waals surface area contributed by atoms with Crippen molar-refractivity contribution < 1.29 is 23.4 Å². The number of aromatic carboxylic acids is 1. The first kappa shape index (κ1) is 14.6. The second-order valence-electron chi connectivity index (χ2n) is 4.28. The van der Waals surface area contributed by atoms with Gasteiger partial charge in [-0.2, -0.15) is 0 Å². The Labute approximate surface area is 116 Å². The van der Waals surface area contributed by atoms with Crippen molar-refractivity contribution in [3.05, 3.63) is 42.2 Å². The van der Waals surface area contributed by atoms with Crippen molar-refractivity contribution in [2.75, 3.05) is 13.3 Å². The normalized spacial score (nSPS) is 13.9. The summed E-state index contributed by atoms with van der Waals surface area (Å²) in [5.74, 6) is -0.835. The molecule has 1 heterocycles. The van der Waals surface area contributed by atoms with Gasteiger partial charge in [0, 0.05) is 17.5 Å². The van der Waals surface area contributed by atoms with Crippen molar-refractivity contribution in [3.63, 3.8) is 0 Å². The van der Waals surface area contributed by atoms with E-state index in [-0.39, 0.29) is 5.76 Å². The number of furan rings is 1. The van der Waals surface area contributed by atoms with Crippen LogP contribution in [0.5, 0.6) is 0 Å². The number of carboxylic acid groups (broad SMARTS) is 1. The highest BCUT2D eigenvalue weighted by Crippen LogP contribution is 2.41. The summed E-state index contributed by atoms with van der Waals surface area (Å²) in [5, 5.41) is 9.41. The van der Waals surface area contributed by atoms with Crippen LogP contribution in [0.2, 0.25) is 0 Å². The second-order valence-corrected chi connectivity index (χ2v) is 6.75. The summed E-state index contributed by atoms with van der Waals surface area (Å²) in [4.78, 5) is 10.8. The van der Waals surface area contributed by atoms with Gasteiger partial charge in [-0.1, -0.05) is 12.1 Å². The molecule has 6 heteroatoms. The average Bonchev–Trinajstić information content (AvgIpc) is 2.88. The molecular formula is C14H15O5P. The van der Waals surface area contributed by atoms with Crippen molar-refractivity contribution in [1.29, 1.82) is 0 Å². The average molecular weight is 294 g/mol. The van der Waals surface area contributed by atoms with E-state index in [1.54, 1.807) is 43.9 Å². The molecular weight excluding hydrogens is 279 g/mol. The Kier molecular flexibility index (Phi) is 4.12. The molecule has 0 saturated carbocycles. The Hall–Kier alpha value is -1.84. The van der Waals surface area contributed by atoms with E-state index in [0.29, 0.717) is 23.2 Å². The first-order valence-corrected chi connectivity index (χ1v) is 8.17. The molecule has 1 aromatic carbocycles. The molecule has 0 saturated heterocycles. The van der Waals surface area contributed by atoms with Crippen LogP contribution in [-0.4, -0.2) is 24.3 Å². The lowest BCUT2D eigenvalue weighted by Crippen LogP contribution is -2.06. The van der Waals surface area contributed by atoms with Crippen LogP contribution in [0.3, 0.4) is 0 Å². The van der Waals surface area contributed by atoms with Crippen LogP contribution in [0.1, 0.15) is 17.5 Å². The Morgan fingerprint density at radius 1 is 1.35 bits per heavy atom. The van der Waals surface area contributed by atoms with Crippen molar-refractivity contribution >= 4 is 18.6 Å². The maximum Gasteiger partial charge on any atom is 0.371 e. The van der Waals surface area contributed by atoms with Gasteiger partial charge in [0.15, 0.2) is 0 Å². The third-order valence-corrected chi connectivity index (χ3v) is 4.76. The number of hydrogen-bond acceptors (Lipinski definition) is 4. The molecule has 106 valence electrons. The molecule has 1 unspecified atom stereocenters. The molecule has 5 nitrogen and oxygen atoms in total. The lowest BCUT2D eigenvalue weighted by Gasteiger charge is -2.13. The van der Waals surface area contributed by atoms with E-state index >= 15 is 0 Å². The van der Waals surface area contributed by atoms with Gasteiger partial charge in [-0.05, 0) is 31.2 Å². The van der Waals surface area contributed by atoms with Crippen molar-refractivity contribution in [3.8, 4) is 11.3 Å². The summed E-state index contributed by atoms with van der Waals surface area (Å²) >= 11 is 0. The highest BCUT2D eigenvalue weighted by Gasteiger charge is 2.19. The fourth-order valence-corrected chi connectivity index (χ4v) is 3.21. The van der Waals surface area contributed by atoms with Gasteiger partial charge in [0.25, 0.3) is 0 Å². The molecule has 0 aliphatic heterocycles. The number of hydrogen-bond donors (Lipinski definition) is 1. The first-order chi connectivity index (χ1) is 9.44. The number of carbonyl (C=O) groups is 1. The van der Waals surface area contributed by atoms with E-state index in [0.717, 1.165) is 0 Å². The monoisotopic (exact) mass is 294 g/mol. The zero-order chi connectivity index (χ0) is 14.8. The molecule has 0 radical (unpaired) electrons. The standard InChI is InChI=1S/C14H15O5P/c1-3-18-20(2,17)11-6-4-5-10(9-11)12-7-8-13(19-12)14(15)16/h4-9H,3H2,1-2H3,(H,15,16). The molecule has 1 atom stereocenters. The molecule has 0 aliphatic rings. The molecule has 20 heavy (non-hydrogen) atoms. The van der Waals surface area contributed by atoms with E-state index < -0.39 is 13.3 Å². The molecule has 0 bridgehead atoms. The van der Waals surface area contributed by atoms with Gasteiger partial charge in [0.1, 0.15) is 5.76 Å². The zero-order valence-electron chi connectivity index (χ0n) is 11.2. The van der Waals surface area contributed by atoms with Crippen LogP contribution < -0.4 is 5.30 Å². The van der Waals surface area contributed by atoms with Crippen LogP contribution in [0.25, 0.3) is 11.3 Å². The van der Waals surface area contributed by atoms with E-state index in [2.05, 4.69) is 0 Å². The molecule has 2 rings (SSSR count). The summed E-state index contributed by atoms with van der Waals surface area (Å²) in [7, 11) is -2.86. The minimum absolute atomic E-state index is 0.130. The van der Waals surface area contributed by atoms with Gasteiger partial charge in [-0.25, -0.2) is 4.79 Å².